The molecule has 0 aromatic rings. The van der Waals surface area contributed by atoms with E-state index in [9.17, 15) is 0 Å². The lowest BCUT2D eigenvalue weighted by Crippen LogP contribution is -2.21. The van der Waals surface area contributed by atoms with Gasteiger partial charge in [-0.15, -0.1) is 0 Å². The minimum atomic E-state index is 0.844. The third-order valence-electron chi connectivity index (χ3n) is 3.00. The highest BCUT2D eigenvalue weighted by Gasteiger charge is 1.89. The molecule has 0 saturated heterocycles. The fraction of sp³-hybridized carbons (Fsp3) is 1.00. The van der Waals surface area contributed by atoms with Gasteiger partial charge in [-0.2, -0.15) is 0 Å². The molecule has 0 rings (SSSR count). The van der Waals surface area contributed by atoms with Crippen molar-refractivity contribution in [1.82, 2.24) is 4.90 Å². The Morgan fingerprint density at radius 3 is 1.06 bits per heavy atom. The van der Waals surface area contributed by atoms with Gasteiger partial charge in [-0.05, 0) is 45.6 Å². The largest absolute Gasteiger partial charge is 0.330 e. The Kier molecular flexibility index (Phi) is 20.6. The highest BCUT2D eigenvalue weighted by atomic mass is 15.1. The van der Waals surface area contributed by atoms with Gasteiger partial charge >= 0.3 is 0 Å². The molecular weight excluding hydrogens is 210 g/mol. The van der Waals surface area contributed by atoms with E-state index < -0.39 is 0 Å². The van der Waals surface area contributed by atoms with Crippen molar-refractivity contribution >= 4 is 0 Å². The van der Waals surface area contributed by atoms with E-state index in [-0.39, 0.29) is 0 Å². The molecule has 0 aromatic carbocycles. The Bertz CT molecular complexity index is 101. The molecule has 0 heterocycles. The summed E-state index contributed by atoms with van der Waals surface area (Å²) in [6.45, 7) is 11.8. The molecule has 0 aliphatic heterocycles. The number of nitrogens with zero attached hydrogens (tertiary/aromatic N) is 1. The number of rotatable bonds is 10. The second-order valence-electron chi connectivity index (χ2n) is 4.32. The van der Waals surface area contributed by atoms with Crippen LogP contribution < -0.4 is 11.5 Å². The summed E-state index contributed by atoms with van der Waals surface area (Å²) >= 11 is 0. The Morgan fingerprint density at radius 1 is 0.588 bits per heavy atom. The fourth-order valence-corrected chi connectivity index (χ4v) is 1.67. The van der Waals surface area contributed by atoms with Crippen LogP contribution in [0.4, 0.5) is 0 Å². The summed E-state index contributed by atoms with van der Waals surface area (Å²) in [6, 6.07) is 0. The molecule has 0 unspecified atom stereocenters. The SMILES string of the molecule is CCN(CC)CC.NCCCCCCCCN. The molecule has 3 nitrogen and oxygen atoms in total. The Morgan fingerprint density at radius 2 is 0.882 bits per heavy atom. The maximum atomic E-state index is 5.35. The summed E-state index contributed by atoms with van der Waals surface area (Å²) in [5.74, 6) is 0. The third-order valence-corrected chi connectivity index (χ3v) is 3.00. The van der Waals surface area contributed by atoms with Crippen LogP contribution in [0.2, 0.25) is 0 Å². The predicted molar refractivity (Wildman–Crippen MR) is 79.3 cm³/mol. The zero-order valence-electron chi connectivity index (χ0n) is 12.4. The van der Waals surface area contributed by atoms with E-state index >= 15 is 0 Å². The molecule has 106 valence electrons. The van der Waals surface area contributed by atoms with Crippen molar-refractivity contribution < 1.29 is 0 Å². The molecule has 0 aliphatic rings. The lowest BCUT2D eigenvalue weighted by molar-refractivity contribution is 0.321. The van der Waals surface area contributed by atoms with Crippen LogP contribution in [0, 0.1) is 0 Å². The number of nitrogens with two attached hydrogens (primary N) is 2. The average Bonchev–Trinajstić information content (AvgIpc) is 2.37. The molecule has 0 saturated carbocycles. The molecule has 3 heteroatoms. The van der Waals surface area contributed by atoms with Gasteiger partial charge in [0, 0.05) is 0 Å². The van der Waals surface area contributed by atoms with Crippen molar-refractivity contribution in [2.24, 2.45) is 11.5 Å². The van der Waals surface area contributed by atoms with Gasteiger partial charge in [0.1, 0.15) is 0 Å². The minimum Gasteiger partial charge on any atom is -0.330 e. The van der Waals surface area contributed by atoms with Gasteiger partial charge < -0.3 is 16.4 Å². The molecule has 0 aliphatic carbocycles. The number of hydrogen-bond donors (Lipinski definition) is 2. The first kappa shape index (κ1) is 19.2. The maximum absolute atomic E-state index is 5.35. The summed E-state index contributed by atoms with van der Waals surface area (Å²) < 4.78 is 0. The topological polar surface area (TPSA) is 55.3 Å². The second-order valence-corrected chi connectivity index (χ2v) is 4.32. The minimum absolute atomic E-state index is 0.844. The lowest BCUT2D eigenvalue weighted by Gasteiger charge is -2.13. The van der Waals surface area contributed by atoms with E-state index in [2.05, 4.69) is 25.7 Å². The average molecular weight is 245 g/mol. The predicted octanol–water partition coefficient (Wildman–Crippen LogP) is 2.59. The molecule has 0 atom stereocenters. The van der Waals surface area contributed by atoms with Crippen LogP contribution in [0.1, 0.15) is 59.3 Å². The van der Waals surface area contributed by atoms with E-state index in [0.29, 0.717) is 0 Å². The third kappa shape index (κ3) is 18.4. The highest BCUT2D eigenvalue weighted by molar-refractivity contribution is 4.45. The van der Waals surface area contributed by atoms with Gasteiger partial charge in [0.25, 0.3) is 0 Å². The zero-order valence-corrected chi connectivity index (χ0v) is 12.4. The first-order chi connectivity index (χ1) is 8.26. The molecule has 0 amide bonds. The Hall–Kier alpha value is -0.120. The van der Waals surface area contributed by atoms with E-state index in [1.165, 1.54) is 58.2 Å². The van der Waals surface area contributed by atoms with E-state index in [1.54, 1.807) is 0 Å². The molecular formula is C14H35N3. The van der Waals surface area contributed by atoms with E-state index in [0.717, 1.165) is 13.1 Å². The standard InChI is InChI=1S/C8H20N2.C6H15N/c9-7-5-3-1-2-4-6-8-10;1-4-7(5-2)6-3/h1-10H2;4-6H2,1-3H3. The first-order valence-corrected chi connectivity index (χ1v) is 7.39. The monoisotopic (exact) mass is 245 g/mol. The van der Waals surface area contributed by atoms with Crippen molar-refractivity contribution in [3.8, 4) is 0 Å². The summed E-state index contributed by atoms with van der Waals surface area (Å²) in [6.07, 6.45) is 7.61. The van der Waals surface area contributed by atoms with Gasteiger partial charge in [0.15, 0.2) is 0 Å². The van der Waals surface area contributed by atoms with Crippen molar-refractivity contribution in [1.29, 1.82) is 0 Å². The van der Waals surface area contributed by atoms with Crippen LogP contribution in [-0.4, -0.2) is 37.6 Å². The molecule has 0 spiro atoms. The van der Waals surface area contributed by atoms with Gasteiger partial charge in [-0.25, -0.2) is 0 Å². The Labute approximate surface area is 109 Å². The van der Waals surface area contributed by atoms with E-state index in [1.807, 2.05) is 0 Å². The second kappa shape index (κ2) is 18.3. The van der Waals surface area contributed by atoms with Gasteiger partial charge in [-0.1, -0.05) is 46.5 Å². The van der Waals surface area contributed by atoms with Gasteiger partial charge in [-0.3, -0.25) is 0 Å². The van der Waals surface area contributed by atoms with E-state index in [4.69, 9.17) is 11.5 Å². The molecule has 0 bridgehead atoms. The number of unbranched alkanes of at least 4 members (excludes halogenated alkanes) is 5. The quantitative estimate of drug-likeness (QED) is 0.582. The van der Waals surface area contributed by atoms with Crippen LogP contribution in [-0.2, 0) is 0 Å². The summed E-state index contributed by atoms with van der Waals surface area (Å²) in [4.78, 5) is 2.38. The van der Waals surface area contributed by atoms with Gasteiger partial charge in [0.05, 0.1) is 0 Å². The fourth-order valence-electron chi connectivity index (χ4n) is 1.67. The van der Waals surface area contributed by atoms with Crippen molar-refractivity contribution in [2.45, 2.75) is 59.3 Å². The maximum Gasteiger partial charge on any atom is -0.00474 e. The van der Waals surface area contributed by atoms with Crippen LogP contribution in [0.15, 0.2) is 0 Å². The summed E-state index contributed by atoms with van der Waals surface area (Å²) in [5.41, 5.74) is 10.7. The van der Waals surface area contributed by atoms with Crippen molar-refractivity contribution in [3.63, 3.8) is 0 Å². The molecule has 4 N–H and O–H groups in total. The summed E-state index contributed by atoms with van der Waals surface area (Å²) in [7, 11) is 0. The van der Waals surface area contributed by atoms with Crippen molar-refractivity contribution in [2.75, 3.05) is 32.7 Å². The zero-order chi connectivity index (χ0) is 13.4. The highest BCUT2D eigenvalue weighted by Crippen LogP contribution is 2.03. The molecule has 0 radical (unpaired) electrons. The lowest BCUT2D eigenvalue weighted by atomic mass is 10.1. The number of hydrogen-bond acceptors (Lipinski definition) is 3. The van der Waals surface area contributed by atoms with Crippen LogP contribution in [0.5, 0.6) is 0 Å². The van der Waals surface area contributed by atoms with Crippen molar-refractivity contribution in [3.05, 3.63) is 0 Å². The first-order valence-electron chi connectivity index (χ1n) is 7.39. The van der Waals surface area contributed by atoms with Crippen LogP contribution in [0.25, 0.3) is 0 Å². The smallest absolute Gasteiger partial charge is 0.00474 e. The molecule has 17 heavy (non-hydrogen) atoms. The van der Waals surface area contributed by atoms with Crippen LogP contribution in [0.3, 0.4) is 0 Å². The Balaban J connectivity index is 0. The molecule has 0 fully saturated rings. The normalized spacial score (nSPS) is 10.2. The molecule has 0 aromatic heterocycles. The summed E-state index contributed by atoms with van der Waals surface area (Å²) in [5, 5.41) is 0. The van der Waals surface area contributed by atoms with Gasteiger partial charge in [0.2, 0.25) is 0 Å². The van der Waals surface area contributed by atoms with Crippen LogP contribution >= 0.6 is 0 Å².